The number of Topliss-reactive ketones (excluding diaryl/α,β-unsaturated/α-hetero) is 1. The first-order chi connectivity index (χ1) is 8.47. The molecule has 1 fully saturated rings. The van der Waals surface area contributed by atoms with Crippen LogP contribution in [-0.4, -0.2) is 41.6 Å². The van der Waals surface area contributed by atoms with E-state index in [9.17, 15) is 14.4 Å². The third kappa shape index (κ3) is 2.85. The van der Waals surface area contributed by atoms with Gasteiger partial charge in [-0.05, 0) is 35.0 Å². The van der Waals surface area contributed by atoms with Crippen LogP contribution in [0, 0.1) is 0 Å². The summed E-state index contributed by atoms with van der Waals surface area (Å²) < 4.78 is 0.881. The predicted molar refractivity (Wildman–Crippen MR) is 70.5 cm³/mol. The zero-order valence-corrected chi connectivity index (χ0v) is 12.0. The van der Waals surface area contributed by atoms with Crippen LogP contribution in [0.5, 0.6) is 0 Å². The lowest BCUT2D eigenvalue weighted by molar-refractivity contribution is -0.139. The number of imide groups is 1. The van der Waals surface area contributed by atoms with E-state index in [1.807, 2.05) is 0 Å². The molecule has 96 valence electrons. The molecule has 1 saturated heterocycles. The Morgan fingerprint density at radius 1 is 1.56 bits per heavy atom. The van der Waals surface area contributed by atoms with Gasteiger partial charge in [-0.1, -0.05) is 0 Å². The van der Waals surface area contributed by atoms with Gasteiger partial charge in [0.15, 0.2) is 5.78 Å². The van der Waals surface area contributed by atoms with Crippen molar-refractivity contribution in [2.75, 3.05) is 13.1 Å². The summed E-state index contributed by atoms with van der Waals surface area (Å²) in [5.74, 6) is -0.801. The van der Waals surface area contributed by atoms with Crippen molar-refractivity contribution in [1.82, 2.24) is 10.2 Å². The van der Waals surface area contributed by atoms with Crippen LogP contribution in [0.3, 0.4) is 0 Å². The van der Waals surface area contributed by atoms with E-state index in [-0.39, 0.29) is 30.7 Å². The van der Waals surface area contributed by atoms with Gasteiger partial charge in [0.2, 0.25) is 11.8 Å². The van der Waals surface area contributed by atoms with Gasteiger partial charge in [-0.2, -0.15) is 0 Å². The van der Waals surface area contributed by atoms with Crippen LogP contribution >= 0.6 is 27.3 Å². The molecule has 1 unspecified atom stereocenters. The Balaban J connectivity index is 2.06. The fraction of sp³-hybridized carbons (Fsp3) is 0.364. The lowest BCUT2D eigenvalue weighted by atomic mass is 10.2. The molecular weight excluding hydrogens is 320 g/mol. The van der Waals surface area contributed by atoms with Crippen molar-refractivity contribution in [2.45, 2.75) is 13.0 Å². The van der Waals surface area contributed by atoms with E-state index in [0.29, 0.717) is 4.88 Å². The van der Waals surface area contributed by atoms with Crippen molar-refractivity contribution in [2.24, 2.45) is 0 Å². The van der Waals surface area contributed by atoms with E-state index in [0.717, 1.165) is 3.79 Å². The summed E-state index contributed by atoms with van der Waals surface area (Å²) in [5.41, 5.74) is 0. The maximum absolute atomic E-state index is 12.0. The highest BCUT2D eigenvalue weighted by Crippen LogP contribution is 2.22. The molecule has 0 aliphatic carbocycles. The van der Waals surface area contributed by atoms with Crippen LogP contribution in [0.1, 0.15) is 16.6 Å². The minimum absolute atomic E-state index is 0.0746. The highest BCUT2D eigenvalue weighted by Gasteiger charge is 2.31. The molecular formula is C11H11BrN2O3S. The smallest absolute Gasteiger partial charge is 0.243 e. The van der Waals surface area contributed by atoms with Crippen molar-refractivity contribution in [3.63, 3.8) is 0 Å². The molecule has 1 aliphatic rings. The number of carbonyl (C=O) groups excluding carboxylic acids is 3. The number of carbonyl (C=O) groups is 3. The number of thiophene rings is 1. The van der Waals surface area contributed by atoms with Gasteiger partial charge in [-0.3, -0.25) is 24.6 Å². The van der Waals surface area contributed by atoms with Crippen LogP contribution in [0.15, 0.2) is 15.9 Å². The van der Waals surface area contributed by atoms with E-state index < -0.39 is 6.04 Å². The second-order valence-corrected chi connectivity index (χ2v) is 6.48. The highest BCUT2D eigenvalue weighted by atomic mass is 79.9. The number of piperazine rings is 1. The molecule has 1 atom stereocenters. The monoisotopic (exact) mass is 330 g/mol. The van der Waals surface area contributed by atoms with E-state index >= 15 is 0 Å². The van der Waals surface area contributed by atoms with E-state index in [4.69, 9.17) is 0 Å². The fourth-order valence-electron chi connectivity index (χ4n) is 1.69. The molecule has 7 heteroatoms. The van der Waals surface area contributed by atoms with Gasteiger partial charge in [0, 0.05) is 0 Å². The average Bonchev–Trinajstić information content (AvgIpc) is 2.72. The number of rotatable bonds is 3. The SMILES string of the molecule is CC1C(=O)NC(=O)CN1CC(=O)c1ccc(Br)s1. The molecule has 0 radical (unpaired) electrons. The first-order valence-electron chi connectivity index (χ1n) is 5.33. The van der Waals surface area contributed by atoms with Crippen molar-refractivity contribution in [3.05, 3.63) is 20.8 Å². The maximum atomic E-state index is 12.0. The largest absolute Gasteiger partial charge is 0.294 e. The molecule has 0 saturated carbocycles. The lowest BCUT2D eigenvalue weighted by Gasteiger charge is -2.30. The van der Waals surface area contributed by atoms with E-state index in [1.165, 1.54) is 11.3 Å². The Hall–Kier alpha value is -1.05. The fourth-order valence-corrected chi connectivity index (χ4v) is 3.00. The molecule has 0 spiro atoms. The topological polar surface area (TPSA) is 66.5 Å². The third-order valence-corrected chi connectivity index (χ3v) is 4.40. The summed E-state index contributed by atoms with van der Waals surface area (Å²) in [6, 6.07) is 3.07. The van der Waals surface area contributed by atoms with Gasteiger partial charge < -0.3 is 0 Å². The van der Waals surface area contributed by atoms with Gasteiger partial charge in [0.25, 0.3) is 0 Å². The maximum Gasteiger partial charge on any atom is 0.243 e. The number of hydrogen-bond acceptors (Lipinski definition) is 5. The van der Waals surface area contributed by atoms with Crippen LogP contribution in [0.4, 0.5) is 0 Å². The van der Waals surface area contributed by atoms with Crippen molar-refractivity contribution < 1.29 is 14.4 Å². The molecule has 18 heavy (non-hydrogen) atoms. The summed E-state index contributed by atoms with van der Waals surface area (Å²) in [5, 5.41) is 2.24. The molecule has 1 N–H and O–H groups in total. The minimum atomic E-state index is -0.463. The second-order valence-electron chi connectivity index (χ2n) is 4.02. The van der Waals surface area contributed by atoms with Crippen molar-refractivity contribution in [1.29, 1.82) is 0 Å². The number of halogens is 1. The molecule has 1 aromatic rings. The minimum Gasteiger partial charge on any atom is -0.294 e. The number of ketones is 1. The Kier molecular flexibility index (Phi) is 3.94. The number of nitrogens with zero attached hydrogens (tertiary/aromatic N) is 1. The normalized spacial score (nSPS) is 20.9. The first-order valence-corrected chi connectivity index (χ1v) is 6.94. The van der Waals surface area contributed by atoms with Gasteiger partial charge in [0.1, 0.15) is 0 Å². The molecule has 2 heterocycles. The molecule has 0 bridgehead atoms. The molecule has 2 amide bonds. The highest BCUT2D eigenvalue weighted by molar-refractivity contribution is 9.11. The Morgan fingerprint density at radius 3 is 2.89 bits per heavy atom. The van der Waals surface area contributed by atoms with Crippen LogP contribution in [0.25, 0.3) is 0 Å². The predicted octanol–water partition coefficient (Wildman–Crippen LogP) is 1.04. The summed E-state index contributed by atoms with van der Waals surface area (Å²) >= 11 is 4.63. The Labute approximate surface area is 116 Å². The van der Waals surface area contributed by atoms with E-state index in [2.05, 4.69) is 21.2 Å². The average molecular weight is 331 g/mol. The standard InChI is InChI=1S/C11H11BrN2O3S/c1-6-11(17)13-10(16)5-14(6)4-7(15)8-2-3-9(12)18-8/h2-3,6H,4-5H2,1H3,(H,13,16,17). The number of hydrogen-bond donors (Lipinski definition) is 1. The van der Waals surface area contributed by atoms with Crippen molar-refractivity contribution in [3.8, 4) is 0 Å². The number of amides is 2. The summed E-state index contributed by atoms with van der Waals surface area (Å²) in [7, 11) is 0. The Morgan fingerprint density at radius 2 is 2.28 bits per heavy atom. The zero-order valence-electron chi connectivity index (χ0n) is 9.60. The Bertz CT molecular complexity index is 514. The molecule has 1 aliphatic heterocycles. The molecule has 2 rings (SSSR count). The lowest BCUT2D eigenvalue weighted by Crippen LogP contribution is -2.57. The molecule has 1 aromatic heterocycles. The second kappa shape index (κ2) is 5.29. The van der Waals surface area contributed by atoms with Crippen LogP contribution in [-0.2, 0) is 9.59 Å². The van der Waals surface area contributed by atoms with Crippen LogP contribution in [0.2, 0.25) is 0 Å². The quantitative estimate of drug-likeness (QED) is 0.664. The van der Waals surface area contributed by atoms with Crippen molar-refractivity contribution >= 4 is 44.9 Å². The van der Waals surface area contributed by atoms with Gasteiger partial charge in [-0.25, -0.2) is 0 Å². The third-order valence-electron chi connectivity index (χ3n) is 2.73. The summed E-state index contributed by atoms with van der Waals surface area (Å²) in [6.07, 6.45) is 0. The molecule has 0 aromatic carbocycles. The van der Waals surface area contributed by atoms with Gasteiger partial charge in [-0.15, -0.1) is 11.3 Å². The summed E-state index contributed by atoms with van der Waals surface area (Å²) in [6.45, 7) is 1.83. The van der Waals surface area contributed by atoms with E-state index in [1.54, 1.807) is 24.0 Å². The number of nitrogens with one attached hydrogen (secondary N) is 1. The first kappa shape index (κ1) is 13.4. The summed E-state index contributed by atoms with van der Waals surface area (Å²) in [4.78, 5) is 36.9. The van der Waals surface area contributed by atoms with Crippen LogP contribution < -0.4 is 5.32 Å². The zero-order chi connectivity index (χ0) is 13.3. The van der Waals surface area contributed by atoms with Gasteiger partial charge in [0.05, 0.1) is 27.8 Å². The van der Waals surface area contributed by atoms with Gasteiger partial charge >= 0.3 is 0 Å². The molecule has 5 nitrogen and oxygen atoms in total.